The number of aromatic nitrogens is 2. The Labute approximate surface area is 131 Å². The minimum atomic E-state index is 0.253. The van der Waals surface area contributed by atoms with Crippen LogP contribution in [0.15, 0.2) is 4.52 Å². The maximum atomic E-state index is 12.1. The molecule has 0 radical (unpaired) electrons. The van der Waals surface area contributed by atoms with Crippen molar-refractivity contribution < 1.29 is 14.1 Å². The number of unbranched alkanes of at least 4 members (excludes halogenated alkanes) is 1. The lowest BCUT2D eigenvalue weighted by atomic mass is 10.2. The highest BCUT2D eigenvalue weighted by Gasteiger charge is 2.21. The van der Waals surface area contributed by atoms with Gasteiger partial charge in [0.1, 0.15) is 0 Å². The molecule has 0 N–H and O–H groups in total. The third-order valence-corrected chi connectivity index (χ3v) is 3.89. The van der Waals surface area contributed by atoms with Crippen LogP contribution in [0.1, 0.15) is 37.9 Å². The summed E-state index contributed by atoms with van der Waals surface area (Å²) in [5.74, 6) is 1.67. The first-order valence-electron chi connectivity index (χ1n) is 8.03. The molecule has 0 spiro atoms. The van der Waals surface area contributed by atoms with E-state index in [0.717, 1.165) is 57.9 Å². The SMILES string of the molecule is CCc1nc(CN2CCN(C(=O)CCCCOC)CC2)no1. The van der Waals surface area contributed by atoms with Crippen molar-refractivity contribution in [2.75, 3.05) is 39.9 Å². The van der Waals surface area contributed by atoms with Crippen molar-refractivity contribution in [3.63, 3.8) is 0 Å². The molecule has 0 aromatic carbocycles. The van der Waals surface area contributed by atoms with Gasteiger partial charge >= 0.3 is 0 Å². The minimum Gasteiger partial charge on any atom is -0.385 e. The average Bonchev–Trinajstić information content (AvgIpc) is 3.00. The second kappa shape index (κ2) is 8.85. The molecule has 2 rings (SSSR count). The maximum Gasteiger partial charge on any atom is 0.226 e. The van der Waals surface area contributed by atoms with Gasteiger partial charge in [0.2, 0.25) is 11.8 Å². The highest BCUT2D eigenvalue weighted by molar-refractivity contribution is 5.76. The largest absolute Gasteiger partial charge is 0.385 e. The lowest BCUT2D eigenvalue weighted by Gasteiger charge is -2.34. The van der Waals surface area contributed by atoms with E-state index in [0.29, 0.717) is 18.9 Å². The first-order valence-corrected chi connectivity index (χ1v) is 8.03. The molecule has 0 bridgehead atoms. The van der Waals surface area contributed by atoms with Crippen molar-refractivity contribution >= 4 is 5.91 Å². The van der Waals surface area contributed by atoms with E-state index in [9.17, 15) is 4.79 Å². The molecular formula is C15H26N4O3. The predicted octanol–water partition coefficient (Wildman–Crippen LogP) is 1.09. The molecule has 2 heterocycles. The Morgan fingerprint density at radius 3 is 2.68 bits per heavy atom. The Hall–Kier alpha value is -1.47. The monoisotopic (exact) mass is 310 g/mol. The van der Waals surface area contributed by atoms with Gasteiger partial charge in [0.25, 0.3) is 0 Å². The summed E-state index contributed by atoms with van der Waals surface area (Å²) in [6.07, 6.45) is 3.22. The van der Waals surface area contributed by atoms with Crippen molar-refractivity contribution in [1.29, 1.82) is 0 Å². The van der Waals surface area contributed by atoms with Gasteiger partial charge in [-0.1, -0.05) is 12.1 Å². The molecule has 1 aromatic heterocycles. The number of ether oxygens (including phenoxy) is 1. The van der Waals surface area contributed by atoms with Gasteiger partial charge in [-0.15, -0.1) is 0 Å². The molecular weight excluding hydrogens is 284 g/mol. The van der Waals surface area contributed by atoms with E-state index in [-0.39, 0.29) is 5.91 Å². The van der Waals surface area contributed by atoms with Gasteiger partial charge in [-0.05, 0) is 12.8 Å². The zero-order chi connectivity index (χ0) is 15.8. The zero-order valence-electron chi connectivity index (χ0n) is 13.6. The third-order valence-electron chi connectivity index (χ3n) is 3.89. The summed E-state index contributed by atoms with van der Waals surface area (Å²) in [5.41, 5.74) is 0. The Morgan fingerprint density at radius 2 is 2.05 bits per heavy atom. The fourth-order valence-corrected chi connectivity index (χ4v) is 2.53. The molecule has 1 aromatic rings. The van der Waals surface area contributed by atoms with Crippen molar-refractivity contribution in [1.82, 2.24) is 19.9 Å². The van der Waals surface area contributed by atoms with Gasteiger partial charge in [-0.2, -0.15) is 4.98 Å². The molecule has 1 aliphatic rings. The van der Waals surface area contributed by atoms with Gasteiger partial charge in [-0.3, -0.25) is 9.69 Å². The molecule has 7 nitrogen and oxygen atoms in total. The quantitative estimate of drug-likeness (QED) is 0.669. The van der Waals surface area contributed by atoms with E-state index < -0.39 is 0 Å². The lowest BCUT2D eigenvalue weighted by Crippen LogP contribution is -2.48. The van der Waals surface area contributed by atoms with E-state index in [2.05, 4.69) is 15.0 Å². The lowest BCUT2D eigenvalue weighted by molar-refractivity contribution is -0.133. The van der Waals surface area contributed by atoms with Crippen LogP contribution >= 0.6 is 0 Å². The second-order valence-corrected chi connectivity index (χ2v) is 5.56. The number of piperazine rings is 1. The molecule has 124 valence electrons. The summed E-state index contributed by atoms with van der Waals surface area (Å²) in [4.78, 5) is 20.6. The van der Waals surface area contributed by atoms with Crippen molar-refractivity contribution in [3.05, 3.63) is 11.7 Å². The van der Waals surface area contributed by atoms with Crippen molar-refractivity contribution in [3.8, 4) is 0 Å². The zero-order valence-corrected chi connectivity index (χ0v) is 13.6. The minimum absolute atomic E-state index is 0.253. The highest BCUT2D eigenvalue weighted by atomic mass is 16.5. The first kappa shape index (κ1) is 16.9. The number of aryl methyl sites for hydroxylation is 1. The predicted molar refractivity (Wildman–Crippen MR) is 81.3 cm³/mol. The smallest absolute Gasteiger partial charge is 0.226 e. The summed E-state index contributed by atoms with van der Waals surface area (Å²) in [7, 11) is 1.69. The van der Waals surface area contributed by atoms with E-state index >= 15 is 0 Å². The van der Waals surface area contributed by atoms with Crippen LogP contribution in [0.25, 0.3) is 0 Å². The van der Waals surface area contributed by atoms with Gasteiger partial charge in [0.15, 0.2) is 5.82 Å². The van der Waals surface area contributed by atoms with E-state index in [1.54, 1.807) is 7.11 Å². The molecule has 1 aliphatic heterocycles. The van der Waals surface area contributed by atoms with Crippen LogP contribution in [-0.2, 0) is 22.5 Å². The van der Waals surface area contributed by atoms with Crippen molar-refractivity contribution in [2.24, 2.45) is 0 Å². The van der Waals surface area contributed by atoms with E-state index in [1.807, 2.05) is 11.8 Å². The fourth-order valence-electron chi connectivity index (χ4n) is 2.53. The topological polar surface area (TPSA) is 71.7 Å². The van der Waals surface area contributed by atoms with Crippen LogP contribution in [0.3, 0.4) is 0 Å². The molecule has 0 saturated carbocycles. The molecule has 0 atom stereocenters. The molecule has 1 fully saturated rings. The molecule has 22 heavy (non-hydrogen) atoms. The van der Waals surface area contributed by atoms with Crippen LogP contribution in [-0.4, -0.2) is 65.7 Å². The standard InChI is InChI=1S/C15H26N4O3/c1-3-14-16-13(17-22-14)12-18-7-9-19(10-8-18)15(20)6-4-5-11-21-2/h3-12H2,1-2H3. The molecule has 7 heteroatoms. The summed E-state index contributed by atoms with van der Waals surface area (Å²) in [5, 5.41) is 3.97. The maximum absolute atomic E-state index is 12.1. The molecule has 0 aliphatic carbocycles. The number of methoxy groups -OCH3 is 1. The number of hydrogen-bond donors (Lipinski definition) is 0. The van der Waals surface area contributed by atoms with Crippen LogP contribution in [0.4, 0.5) is 0 Å². The van der Waals surface area contributed by atoms with Crippen molar-refractivity contribution in [2.45, 2.75) is 39.2 Å². The van der Waals surface area contributed by atoms with Gasteiger partial charge in [0.05, 0.1) is 6.54 Å². The summed E-state index contributed by atoms with van der Waals surface area (Å²) >= 11 is 0. The van der Waals surface area contributed by atoms with Crippen LogP contribution in [0.2, 0.25) is 0 Å². The normalized spacial score (nSPS) is 16.2. The number of carbonyl (C=O) groups is 1. The number of hydrogen-bond acceptors (Lipinski definition) is 6. The van der Waals surface area contributed by atoms with Crippen LogP contribution in [0.5, 0.6) is 0 Å². The van der Waals surface area contributed by atoms with Crippen LogP contribution in [0, 0.1) is 0 Å². The Bertz CT molecular complexity index is 455. The highest BCUT2D eigenvalue weighted by Crippen LogP contribution is 2.09. The number of nitrogens with zero attached hydrogens (tertiary/aromatic N) is 4. The van der Waals surface area contributed by atoms with Gasteiger partial charge < -0.3 is 14.2 Å². The van der Waals surface area contributed by atoms with Gasteiger partial charge in [0, 0.05) is 52.7 Å². The Morgan fingerprint density at radius 1 is 1.27 bits per heavy atom. The summed E-state index contributed by atoms with van der Waals surface area (Å²) in [6, 6.07) is 0. The van der Waals surface area contributed by atoms with E-state index in [1.165, 1.54) is 0 Å². The van der Waals surface area contributed by atoms with E-state index in [4.69, 9.17) is 9.26 Å². The molecule has 0 unspecified atom stereocenters. The summed E-state index contributed by atoms with van der Waals surface area (Å²) in [6.45, 7) is 6.70. The molecule has 1 saturated heterocycles. The fraction of sp³-hybridized carbons (Fsp3) is 0.800. The number of amides is 1. The summed E-state index contributed by atoms with van der Waals surface area (Å²) < 4.78 is 10.1. The first-order chi connectivity index (χ1) is 10.7. The number of rotatable bonds is 8. The molecule has 1 amide bonds. The van der Waals surface area contributed by atoms with Crippen LogP contribution < -0.4 is 0 Å². The number of carbonyl (C=O) groups excluding carboxylic acids is 1. The Kier molecular flexibility index (Phi) is 6.79. The van der Waals surface area contributed by atoms with Gasteiger partial charge in [-0.25, -0.2) is 0 Å². The third kappa shape index (κ3) is 5.06. The second-order valence-electron chi connectivity index (χ2n) is 5.56. The Balaban J connectivity index is 1.67. The average molecular weight is 310 g/mol.